The molecule has 1 amide bonds. The van der Waals surface area contributed by atoms with Gasteiger partial charge in [-0.1, -0.05) is 12.1 Å². The molecule has 0 unspecified atom stereocenters. The zero-order valence-corrected chi connectivity index (χ0v) is 18.4. The second-order valence-electron chi connectivity index (χ2n) is 7.42. The van der Waals surface area contributed by atoms with Crippen molar-refractivity contribution >= 4 is 11.6 Å². The molecule has 1 aromatic heterocycles. The van der Waals surface area contributed by atoms with Gasteiger partial charge in [-0.2, -0.15) is 0 Å². The Bertz CT molecular complexity index is 1290. The van der Waals surface area contributed by atoms with E-state index in [1.807, 2.05) is 12.1 Å². The van der Waals surface area contributed by atoms with Gasteiger partial charge in [0.1, 0.15) is 24.7 Å². The number of nitrogens with zero attached hydrogens (tertiary/aromatic N) is 2. The first-order valence-electron chi connectivity index (χ1n) is 10.6. The monoisotopic (exact) mass is 455 g/mol. The summed E-state index contributed by atoms with van der Waals surface area (Å²) in [6.45, 7) is 1.01. The van der Waals surface area contributed by atoms with Crippen molar-refractivity contribution in [3.63, 3.8) is 0 Å². The fraction of sp³-hybridized carbons (Fsp3) is 0.115. The van der Waals surface area contributed by atoms with Gasteiger partial charge < -0.3 is 24.3 Å². The lowest BCUT2D eigenvalue weighted by Gasteiger charge is -2.19. The predicted molar refractivity (Wildman–Crippen MR) is 126 cm³/mol. The number of amides is 1. The lowest BCUT2D eigenvalue weighted by atomic mass is 10.1. The Kier molecular flexibility index (Phi) is 5.94. The number of benzene rings is 3. The summed E-state index contributed by atoms with van der Waals surface area (Å²) in [4.78, 5) is 21.2. The van der Waals surface area contributed by atoms with Gasteiger partial charge in [0.15, 0.2) is 11.5 Å². The fourth-order valence-electron chi connectivity index (χ4n) is 3.41. The molecule has 34 heavy (non-hydrogen) atoms. The number of hydrogen-bond donors (Lipinski definition) is 1. The van der Waals surface area contributed by atoms with Crippen LogP contribution in [0.4, 0.5) is 5.69 Å². The molecule has 1 aliphatic heterocycles. The van der Waals surface area contributed by atoms with Crippen LogP contribution in [0.3, 0.4) is 0 Å². The summed E-state index contributed by atoms with van der Waals surface area (Å²) in [5, 5.41) is 2.88. The molecule has 0 aliphatic carbocycles. The molecule has 0 radical (unpaired) electrons. The molecule has 2 heterocycles. The molecule has 1 N–H and O–H groups in total. The average molecular weight is 455 g/mol. The van der Waals surface area contributed by atoms with Crippen molar-refractivity contribution in [2.75, 3.05) is 25.6 Å². The summed E-state index contributed by atoms with van der Waals surface area (Å²) in [5.74, 6) is 2.44. The maximum absolute atomic E-state index is 12.7. The molecular formula is C26H21N3O5. The van der Waals surface area contributed by atoms with E-state index in [9.17, 15) is 4.79 Å². The first-order chi connectivity index (χ1) is 16.7. The summed E-state index contributed by atoms with van der Waals surface area (Å²) in [7, 11) is 1.61. The van der Waals surface area contributed by atoms with Crippen LogP contribution >= 0.6 is 0 Å². The summed E-state index contributed by atoms with van der Waals surface area (Å²) in [6, 6.07) is 19.9. The van der Waals surface area contributed by atoms with Crippen molar-refractivity contribution < 1.29 is 23.7 Å². The minimum atomic E-state index is -0.220. The third-order valence-electron chi connectivity index (χ3n) is 5.18. The normalized spacial score (nSPS) is 12.0. The van der Waals surface area contributed by atoms with Gasteiger partial charge in [0, 0.05) is 35.3 Å². The number of aromatic nitrogens is 2. The van der Waals surface area contributed by atoms with E-state index in [0.717, 1.165) is 16.9 Å². The molecule has 0 saturated heterocycles. The minimum Gasteiger partial charge on any atom is -0.497 e. The number of anilines is 1. The van der Waals surface area contributed by atoms with Crippen LogP contribution in [-0.4, -0.2) is 36.2 Å². The third kappa shape index (κ3) is 4.75. The number of methoxy groups -OCH3 is 1. The van der Waals surface area contributed by atoms with Gasteiger partial charge in [-0.3, -0.25) is 4.79 Å². The van der Waals surface area contributed by atoms with Gasteiger partial charge in [0.25, 0.3) is 5.91 Å². The molecule has 8 nitrogen and oxygen atoms in total. The zero-order valence-electron chi connectivity index (χ0n) is 18.4. The molecule has 1 aliphatic rings. The molecule has 0 saturated carbocycles. The van der Waals surface area contributed by atoms with Crippen LogP contribution in [0, 0.1) is 0 Å². The number of ether oxygens (including phenoxy) is 4. The Morgan fingerprint density at radius 3 is 2.21 bits per heavy atom. The molecule has 0 atom stereocenters. The van der Waals surface area contributed by atoms with Crippen LogP contribution in [0.2, 0.25) is 0 Å². The maximum Gasteiger partial charge on any atom is 0.321 e. The van der Waals surface area contributed by atoms with Gasteiger partial charge in [-0.15, -0.1) is 0 Å². The molecule has 0 fully saturated rings. The second-order valence-corrected chi connectivity index (χ2v) is 7.42. The van der Waals surface area contributed by atoms with Crippen LogP contribution in [-0.2, 0) is 0 Å². The molecule has 5 rings (SSSR count). The van der Waals surface area contributed by atoms with Crippen LogP contribution in [0.5, 0.6) is 29.0 Å². The minimum absolute atomic E-state index is 0.220. The number of carbonyl (C=O) groups excluding carboxylic acids is 1. The largest absolute Gasteiger partial charge is 0.497 e. The maximum atomic E-state index is 12.7. The Morgan fingerprint density at radius 1 is 0.824 bits per heavy atom. The average Bonchev–Trinajstić information content (AvgIpc) is 2.89. The highest BCUT2D eigenvalue weighted by Gasteiger charge is 2.14. The third-order valence-corrected chi connectivity index (χ3v) is 5.18. The van der Waals surface area contributed by atoms with Gasteiger partial charge in [-0.25, -0.2) is 9.97 Å². The molecule has 4 aromatic rings. The Hall–Kier alpha value is -4.59. The van der Waals surface area contributed by atoms with Crippen molar-refractivity contribution in [2.45, 2.75) is 0 Å². The van der Waals surface area contributed by atoms with Crippen molar-refractivity contribution in [1.29, 1.82) is 0 Å². The Balaban J connectivity index is 1.23. The highest BCUT2D eigenvalue weighted by Crippen LogP contribution is 2.32. The first kappa shape index (κ1) is 21.3. The molecule has 170 valence electrons. The Labute approximate surface area is 196 Å². The molecule has 0 bridgehead atoms. The van der Waals surface area contributed by atoms with Gasteiger partial charge >= 0.3 is 6.01 Å². The summed E-state index contributed by atoms with van der Waals surface area (Å²) >= 11 is 0. The van der Waals surface area contributed by atoms with Crippen molar-refractivity contribution in [2.24, 2.45) is 0 Å². The zero-order chi connectivity index (χ0) is 23.3. The second kappa shape index (κ2) is 9.50. The van der Waals surface area contributed by atoms with Crippen LogP contribution in [0.25, 0.3) is 11.1 Å². The number of hydrogen-bond acceptors (Lipinski definition) is 7. The van der Waals surface area contributed by atoms with Crippen LogP contribution in [0.15, 0.2) is 79.1 Å². The smallest absolute Gasteiger partial charge is 0.321 e. The van der Waals surface area contributed by atoms with Crippen molar-refractivity contribution in [3.8, 4) is 40.1 Å². The summed E-state index contributed by atoms with van der Waals surface area (Å²) in [5.41, 5.74) is 2.85. The fourth-order valence-corrected chi connectivity index (χ4v) is 3.41. The SMILES string of the molecule is COc1ccc(Oc2ncc(-c3ccc(C(=O)Nc4ccc5c(c4)OCCO5)cc3)cn2)cc1. The summed E-state index contributed by atoms with van der Waals surface area (Å²) in [6.07, 6.45) is 3.35. The van der Waals surface area contributed by atoms with E-state index in [2.05, 4.69) is 15.3 Å². The first-order valence-corrected chi connectivity index (χ1v) is 10.6. The standard InChI is InChI=1S/C26H21N3O5/c1-31-21-7-9-22(10-8-21)34-26-27-15-19(16-28-26)17-2-4-18(5-3-17)25(30)29-20-6-11-23-24(14-20)33-13-12-32-23/h2-11,14-16H,12-13H2,1H3,(H,29,30). The van der Waals surface area contributed by atoms with E-state index >= 15 is 0 Å². The molecule has 0 spiro atoms. The van der Waals surface area contributed by atoms with Crippen molar-refractivity contribution in [3.05, 3.63) is 84.7 Å². The van der Waals surface area contributed by atoms with E-state index in [4.69, 9.17) is 18.9 Å². The number of rotatable bonds is 6. The highest BCUT2D eigenvalue weighted by molar-refractivity contribution is 6.04. The van der Waals surface area contributed by atoms with E-state index < -0.39 is 0 Å². The quantitative estimate of drug-likeness (QED) is 0.439. The lowest BCUT2D eigenvalue weighted by Crippen LogP contribution is -2.16. The van der Waals surface area contributed by atoms with Crippen LogP contribution in [0.1, 0.15) is 10.4 Å². The van der Waals surface area contributed by atoms with Gasteiger partial charge in [0.2, 0.25) is 0 Å². The van der Waals surface area contributed by atoms with Gasteiger partial charge in [0.05, 0.1) is 7.11 Å². The molecular weight excluding hydrogens is 434 g/mol. The number of carbonyl (C=O) groups is 1. The number of fused-ring (bicyclic) bond motifs is 1. The van der Waals surface area contributed by atoms with Crippen LogP contribution < -0.4 is 24.3 Å². The number of nitrogens with one attached hydrogen (secondary N) is 1. The van der Waals surface area contributed by atoms with E-state index in [1.54, 1.807) is 74.1 Å². The van der Waals surface area contributed by atoms with E-state index in [-0.39, 0.29) is 11.9 Å². The molecule has 8 heteroatoms. The van der Waals surface area contributed by atoms with E-state index in [0.29, 0.717) is 41.7 Å². The van der Waals surface area contributed by atoms with E-state index in [1.165, 1.54) is 0 Å². The van der Waals surface area contributed by atoms with Gasteiger partial charge in [-0.05, 0) is 54.1 Å². The predicted octanol–water partition coefficient (Wildman–Crippen LogP) is 4.97. The summed E-state index contributed by atoms with van der Waals surface area (Å²) < 4.78 is 21.9. The van der Waals surface area contributed by atoms with Crippen molar-refractivity contribution in [1.82, 2.24) is 9.97 Å². The Morgan fingerprint density at radius 2 is 1.50 bits per heavy atom. The highest BCUT2D eigenvalue weighted by atomic mass is 16.6. The molecule has 3 aromatic carbocycles. The topological polar surface area (TPSA) is 91.8 Å². The lowest BCUT2D eigenvalue weighted by molar-refractivity contribution is 0.102.